The predicted molar refractivity (Wildman–Crippen MR) is 68.0 cm³/mol. The SMILES string of the molecule is CN(Cc1ccc(F)cc1)Cc1ccc(Br)o1. The van der Waals surface area contributed by atoms with E-state index < -0.39 is 0 Å². The second-order valence-corrected chi connectivity index (χ2v) is 4.79. The Balaban J connectivity index is 1.93. The van der Waals surface area contributed by atoms with Gasteiger partial charge in [-0.1, -0.05) is 12.1 Å². The van der Waals surface area contributed by atoms with Gasteiger partial charge in [-0.3, -0.25) is 4.90 Å². The van der Waals surface area contributed by atoms with Crippen LogP contribution in [-0.2, 0) is 13.1 Å². The summed E-state index contributed by atoms with van der Waals surface area (Å²) in [5.41, 5.74) is 1.08. The van der Waals surface area contributed by atoms with Crippen LogP contribution in [0.5, 0.6) is 0 Å². The summed E-state index contributed by atoms with van der Waals surface area (Å²) in [5.74, 6) is 0.702. The average molecular weight is 298 g/mol. The summed E-state index contributed by atoms with van der Waals surface area (Å²) in [6.07, 6.45) is 0. The molecule has 0 radical (unpaired) electrons. The van der Waals surface area contributed by atoms with Crippen LogP contribution in [0.4, 0.5) is 4.39 Å². The lowest BCUT2D eigenvalue weighted by Crippen LogP contribution is -2.16. The van der Waals surface area contributed by atoms with E-state index >= 15 is 0 Å². The van der Waals surface area contributed by atoms with Crippen molar-refractivity contribution in [3.63, 3.8) is 0 Å². The molecule has 4 heteroatoms. The minimum Gasteiger partial charge on any atom is -0.453 e. The first-order valence-corrected chi connectivity index (χ1v) is 6.10. The van der Waals surface area contributed by atoms with Gasteiger partial charge in [0, 0.05) is 6.54 Å². The van der Waals surface area contributed by atoms with Crippen LogP contribution in [0.2, 0.25) is 0 Å². The van der Waals surface area contributed by atoms with E-state index in [0.717, 1.165) is 29.1 Å². The zero-order valence-electron chi connectivity index (χ0n) is 9.49. The topological polar surface area (TPSA) is 16.4 Å². The molecule has 0 N–H and O–H groups in total. The fourth-order valence-corrected chi connectivity index (χ4v) is 2.00. The van der Waals surface area contributed by atoms with Crippen molar-refractivity contribution in [1.82, 2.24) is 4.90 Å². The maximum atomic E-state index is 12.7. The summed E-state index contributed by atoms with van der Waals surface area (Å²) in [7, 11) is 2.00. The Bertz CT molecular complexity index is 480. The van der Waals surface area contributed by atoms with Crippen molar-refractivity contribution in [3.05, 3.63) is 58.2 Å². The Morgan fingerprint density at radius 3 is 2.41 bits per heavy atom. The molecule has 2 aromatic rings. The lowest BCUT2D eigenvalue weighted by molar-refractivity contribution is 0.285. The second kappa shape index (κ2) is 5.47. The van der Waals surface area contributed by atoms with Gasteiger partial charge in [-0.15, -0.1) is 0 Å². The summed E-state index contributed by atoms with van der Waals surface area (Å²) in [5, 5.41) is 0. The molecule has 17 heavy (non-hydrogen) atoms. The van der Waals surface area contributed by atoms with Crippen LogP contribution in [0.15, 0.2) is 45.5 Å². The van der Waals surface area contributed by atoms with Crippen molar-refractivity contribution in [3.8, 4) is 0 Å². The first-order valence-electron chi connectivity index (χ1n) is 5.31. The molecule has 1 aromatic carbocycles. The minimum atomic E-state index is -0.202. The maximum Gasteiger partial charge on any atom is 0.169 e. The van der Waals surface area contributed by atoms with E-state index in [-0.39, 0.29) is 5.82 Å². The number of nitrogens with zero attached hydrogens (tertiary/aromatic N) is 1. The highest BCUT2D eigenvalue weighted by atomic mass is 79.9. The summed E-state index contributed by atoms with van der Waals surface area (Å²) < 4.78 is 18.9. The third kappa shape index (κ3) is 3.68. The molecule has 0 unspecified atom stereocenters. The lowest BCUT2D eigenvalue weighted by Gasteiger charge is -2.14. The van der Waals surface area contributed by atoms with Crippen LogP contribution in [-0.4, -0.2) is 11.9 Å². The molecule has 0 saturated carbocycles. The van der Waals surface area contributed by atoms with Gasteiger partial charge in [0.1, 0.15) is 11.6 Å². The largest absolute Gasteiger partial charge is 0.453 e. The van der Waals surface area contributed by atoms with E-state index in [0.29, 0.717) is 0 Å². The van der Waals surface area contributed by atoms with Crippen molar-refractivity contribution < 1.29 is 8.81 Å². The second-order valence-electron chi connectivity index (χ2n) is 4.00. The van der Waals surface area contributed by atoms with Crippen LogP contribution < -0.4 is 0 Å². The lowest BCUT2D eigenvalue weighted by atomic mass is 10.2. The normalized spacial score (nSPS) is 11.1. The van der Waals surface area contributed by atoms with E-state index in [1.807, 2.05) is 19.2 Å². The zero-order chi connectivity index (χ0) is 12.3. The van der Waals surface area contributed by atoms with E-state index in [1.165, 1.54) is 12.1 Å². The third-order valence-electron chi connectivity index (χ3n) is 2.42. The molecule has 0 bridgehead atoms. The van der Waals surface area contributed by atoms with Crippen LogP contribution >= 0.6 is 15.9 Å². The Hall–Kier alpha value is -1.13. The van der Waals surface area contributed by atoms with Gasteiger partial charge in [0.2, 0.25) is 0 Å². The standard InChI is InChI=1S/C13H13BrFNO/c1-16(9-12-6-7-13(14)17-12)8-10-2-4-11(15)5-3-10/h2-7H,8-9H2,1H3. The molecule has 90 valence electrons. The van der Waals surface area contributed by atoms with E-state index in [4.69, 9.17) is 4.42 Å². The van der Waals surface area contributed by atoms with Gasteiger partial charge in [0.05, 0.1) is 6.54 Å². The van der Waals surface area contributed by atoms with Crippen LogP contribution in [0, 0.1) is 5.82 Å². The van der Waals surface area contributed by atoms with E-state index in [9.17, 15) is 4.39 Å². The molecular formula is C13H13BrFNO. The number of furan rings is 1. The third-order valence-corrected chi connectivity index (χ3v) is 2.85. The molecule has 0 atom stereocenters. The fourth-order valence-electron chi connectivity index (χ4n) is 1.66. The van der Waals surface area contributed by atoms with Gasteiger partial charge >= 0.3 is 0 Å². The predicted octanol–water partition coefficient (Wildman–Crippen LogP) is 3.81. The summed E-state index contributed by atoms with van der Waals surface area (Å²) in [4.78, 5) is 2.11. The van der Waals surface area contributed by atoms with Gasteiger partial charge in [0.25, 0.3) is 0 Å². The van der Waals surface area contributed by atoms with Crippen molar-refractivity contribution in [1.29, 1.82) is 0 Å². The number of halogens is 2. The molecule has 0 aliphatic rings. The molecule has 0 aliphatic carbocycles. The quantitative estimate of drug-likeness (QED) is 0.853. The molecule has 0 amide bonds. The van der Waals surface area contributed by atoms with Crippen LogP contribution in [0.25, 0.3) is 0 Å². The summed E-state index contributed by atoms with van der Waals surface area (Å²) in [6, 6.07) is 10.4. The number of hydrogen-bond acceptors (Lipinski definition) is 2. The van der Waals surface area contributed by atoms with Gasteiger partial charge in [0.15, 0.2) is 4.67 Å². The zero-order valence-corrected chi connectivity index (χ0v) is 11.1. The molecule has 2 nitrogen and oxygen atoms in total. The smallest absolute Gasteiger partial charge is 0.169 e. The summed E-state index contributed by atoms with van der Waals surface area (Å²) >= 11 is 3.27. The highest BCUT2D eigenvalue weighted by Crippen LogP contribution is 2.16. The minimum absolute atomic E-state index is 0.202. The van der Waals surface area contributed by atoms with E-state index in [2.05, 4.69) is 20.8 Å². The van der Waals surface area contributed by atoms with E-state index in [1.54, 1.807) is 12.1 Å². The monoisotopic (exact) mass is 297 g/mol. The first-order chi connectivity index (χ1) is 8.13. The van der Waals surface area contributed by atoms with Crippen molar-refractivity contribution >= 4 is 15.9 Å². The Kier molecular flexibility index (Phi) is 3.97. The molecule has 0 spiro atoms. The van der Waals surface area contributed by atoms with Gasteiger partial charge in [-0.25, -0.2) is 4.39 Å². The van der Waals surface area contributed by atoms with Crippen molar-refractivity contribution in [2.45, 2.75) is 13.1 Å². The highest BCUT2D eigenvalue weighted by molar-refractivity contribution is 9.10. The van der Waals surface area contributed by atoms with Crippen molar-refractivity contribution in [2.75, 3.05) is 7.05 Å². The van der Waals surface area contributed by atoms with Crippen LogP contribution in [0.1, 0.15) is 11.3 Å². The van der Waals surface area contributed by atoms with Crippen molar-refractivity contribution in [2.24, 2.45) is 0 Å². The average Bonchev–Trinajstić information content (AvgIpc) is 2.67. The fraction of sp³-hybridized carbons (Fsp3) is 0.231. The molecule has 2 rings (SSSR count). The Labute approximate surface area is 108 Å². The number of rotatable bonds is 4. The molecule has 1 aromatic heterocycles. The summed E-state index contributed by atoms with van der Waals surface area (Å²) in [6.45, 7) is 1.49. The Morgan fingerprint density at radius 1 is 1.12 bits per heavy atom. The highest BCUT2D eigenvalue weighted by Gasteiger charge is 2.05. The van der Waals surface area contributed by atoms with Gasteiger partial charge in [-0.2, -0.15) is 0 Å². The maximum absolute atomic E-state index is 12.7. The molecule has 0 saturated heterocycles. The van der Waals surface area contributed by atoms with Crippen LogP contribution in [0.3, 0.4) is 0 Å². The van der Waals surface area contributed by atoms with Gasteiger partial charge in [-0.05, 0) is 52.8 Å². The molecular weight excluding hydrogens is 285 g/mol. The van der Waals surface area contributed by atoms with Gasteiger partial charge < -0.3 is 4.42 Å². The number of benzene rings is 1. The molecule has 0 fully saturated rings. The molecule has 1 heterocycles. The Morgan fingerprint density at radius 2 is 1.82 bits per heavy atom. The molecule has 0 aliphatic heterocycles. The first kappa shape index (κ1) is 12.3. The number of hydrogen-bond donors (Lipinski definition) is 0.